The molecule has 0 unspecified atom stereocenters. The monoisotopic (exact) mass is 348 g/mol. The van der Waals surface area contributed by atoms with Gasteiger partial charge in [-0.15, -0.1) is 0 Å². The zero-order valence-corrected chi connectivity index (χ0v) is 14.9. The van der Waals surface area contributed by atoms with Gasteiger partial charge in [0.1, 0.15) is 5.82 Å². The Morgan fingerprint density at radius 2 is 2.00 bits per heavy atom. The molecule has 1 aliphatic rings. The van der Waals surface area contributed by atoms with E-state index < -0.39 is 5.92 Å². The Bertz CT molecular complexity index is 863. The van der Waals surface area contributed by atoms with Gasteiger partial charge in [0.2, 0.25) is 5.91 Å². The second-order valence-corrected chi connectivity index (χ2v) is 6.52. The van der Waals surface area contributed by atoms with Gasteiger partial charge in [0.25, 0.3) is 0 Å². The fraction of sp³-hybridized carbons (Fsp3) is 0.350. The van der Waals surface area contributed by atoms with E-state index in [-0.39, 0.29) is 11.7 Å². The predicted molar refractivity (Wildman–Crippen MR) is 95.3 cm³/mol. The molecule has 0 spiro atoms. The van der Waals surface area contributed by atoms with Gasteiger partial charge in [-0.05, 0) is 31.9 Å². The Kier molecular flexibility index (Phi) is 5.08. The standard InChI is InChI=1S/C20H20N4O2/c1-13-10-18(23-14(2)22-13)17(11-21)20(26)16-7-5-15(6-8-16)12-24-9-3-4-19(24)25/h5-8,10,17H,3-4,9,12H2,1-2H3/t17-/m0/s1. The summed E-state index contributed by atoms with van der Waals surface area (Å²) in [6, 6.07) is 10.8. The number of ketones is 1. The molecule has 6 nitrogen and oxygen atoms in total. The van der Waals surface area contributed by atoms with Crippen LogP contribution in [0.15, 0.2) is 30.3 Å². The largest absolute Gasteiger partial charge is 0.338 e. The average molecular weight is 348 g/mol. The van der Waals surface area contributed by atoms with E-state index in [0.29, 0.717) is 30.0 Å². The van der Waals surface area contributed by atoms with Crippen molar-refractivity contribution in [3.63, 3.8) is 0 Å². The van der Waals surface area contributed by atoms with Crippen LogP contribution in [0, 0.1) is 25.2 Å². The molecule has 1 fully saturated rings. The molecule has 1 saturated heterocycles. The summed E-state index contributed by atoms with van der Waals surface area (Å²) in [4.78, 5) is 34.7. The molecule has 1 aromatic carbocycles. The number of nitrogens with zero attached hydrogens (tertiary/aromatic N) is 4. The van der Waals surface area contributed by atoms with Crippen molar-refractivity contribution in [2.24, 2.45) is 0 Å². The van der Waals surface area contributed by atoms with Crippen LogP contribution in [-0.2, 0) is 11.3 Å². The van der Waals surface area contributed by atoms with Crippen molar-refractivity contribution < 1.29 is 9.59 Å². The molecule has 6 heteroatoms. The lowest BCUT2D eigenvalue weighted by Crippen LogP contribution is -2.23. The van der Waals surface area contributed by atoms with Gasteiger partial charge >= 0.3 is 0 Å². The van der Waals surface area contributed by atoms with Crippen molar-refractivity contribution >= 4 is 11.7 Å². The van der Waals surface area contributed by atoms with Crippen molar-refractivity contribution in [2.45, 2.75) is 39.2 Å². The lowest BCUT2D eigenvalue weighted by molar-refractivity contribution is -0.128. The maximum Gasteiger partial charge on any atom is 0.222 e. The first-order valence-electron chi connectivity index (χ1n) is 8.60. The number of carbonyl (C=O) groups excluding carboxylic acids is 2. The van der Waals surface area contributed by atoms with E-state index >= 15 is 0 Å². The fourth-order valence-corrected chi connectivity index (χ4v) is 3.19. The molecular formula is C20H20N4O2. The number of likely N-dealkylation sites (tertiary alicyclic amines) is 1. The fourth-order valence-electron chi connectivity index (χ4n) is 3.19. The first-order chi connectivity index (χ1) is 12.5. The predicted octanol–water partition coefficient (Wildman–Crippen LogP) is 2.71. The van der Waals surface area contributed by atoms with Gasteiger partial charge in [-0.2, -0.15) is 5.26 Å². The molecule has 1 aromatic heterocycles. The third kappa shape index (κ3) is 3.77. The zero-order valence-electron chi connectivity index (χ0n) is 14.9. The SMILES string of the molecule is Cc1cc([C@H](C#N)C(=O)c2ccc(CN3CCCC3=O)cc2)nc(C)n1. The second kappa shape index (κ2) is 7.44. The molecule has 0 saturated carbocycles. The van der Waals surface area contributed by atoms with Crippen molar-refractivity contribution in [2.75, 3.05) is 6.54 Å². The topological polar surface area (TPSA) is 87.0 Å². The van der Waals surface area contributed by atoms with Gasteiger partial charge in [-0.25, -0.2) is 9.97 Å². The highest BCUT2D eigenvalue weighted by Crippen LogP contribution is 2.21. The number of Topliss-reactive ketones (excluding diaryl/α,β-unsaturated/α-hetero) is 1. The number of hydrogen-bond donors (Lipinski definition) is 0. The second-order valence-electron chi connectivity index (χ2n) is 6.52. The molecule has 1 atom stereocenters. The molecule has 0 radical (unpaired) electrons. The maximum absolute atomic E-state index is 12.8. The molecule has 0 aliphatic carbocycles. The van der Waals surface area contributed by atoms with E-state index in [1.165, 1.54) is 0 Å². The number of aromatic nitrogens is 2. The molecule has 2 aromatic rings. The van der Waals surface area contributed by atoms with Crippen LogP contribution >= 0.6 is 0 Å². The van der Waals surface area contributed by atoms with Gasteiger partial charge in [-0.1, -0.05) is 24.3 Å². The lowest BCUT2D eigenvalue weighted by atomic mass is 9.94. The number of benzene rings is 1. The molecule has 132 valence electrons. The number of carbonyl (C=O) groups is 2. The van der Waals surface area contributed by atoms with Crippen molar-refractivity contribution in [1.29, 1.82) is 5.26 Å². The molecule has 1 amide bonds. The van der Waals surface area contributed by atoms with Crippen LogP contribution in [-0.4, -0.2) is 33.1 Å². The molecular weight excluding hydrogens is 328 g/mol. The minimum Gasteiger partial charge on any atom is -0.338 e. The Hall–Kier alpha value is -3.07. The van der Waals surface area contributed by atoms with E-state index in [1.54, 1.807) is 25.1 Å². The summed E-state index contributed by atoms with van der Waals surface area (Å²) in [6.07, 6.45) is 1.51. The van der Waals surface area contributed by atoms with Crippen LogP contribution in [0.25, 0.3) is 0 Å². The van der Waals surface area contributed by atoms with Gasteiger partial charge in [0.05, 0.1) is 11.8 Å². The third-order valence-corrected chi connectivity index (χ3v) is 4.46. The zero-order chi connectivity index (χ0) is 18.7. The summed E-state index contributed by atoms with van der Waals surface area (Å²) in [5.41, 5.74) is 2.58. The number of rotatable bonds is 5. The Labute approximate surface area is 152 Å². The maximum atomic E-state index is 12.8. The van der Waals surface area contributed by atoms with Gasteiger partial charge in [-0.3, -0.25) is 9.59 Å². The van der Waals surface area contributed by atoms with E-state index in [2.05, 4.69) is 16.0 Å². The molecule has 1 aliphatic heterocycles. The Morgan fingerprint density at radius 1 is 1.27 bits per heavy atom. The molecule has 0 bridgehead atoms. The first-order valence-corrected chi connectivity index (χ1v) is 8.60. The average Bonchev–Trinajstić information content (AvgIpc) is 3.00. The van der Waals surface area contributed by atoms with E-state index in [9.17, 15) is 14.9 Å². The highest BCUT2D eigenvalue weighted by molar-refractivity contribution is 6.02. The summed E-state index contributed by atoms with van der Waals surface area (Å²) in [5, 5.41) is 9.49. The highest BCUT2D eigenvalue weighted by atomic mass is 16.2. The third-order valence-electron chi connectivity index (χ3n) is 4.46. The smallest absolute Gasteiger partial charge is 0.222 e. The van der Waals surface area contributed by atoms with E-state index in [4.69, 9.17) is 0 Å². The summed E-state index contributed by atoms with van der Waals surface area (Å²) in [6.45, 7) is 4.89. The van der Waals surface area contributed by atoms with Gasteiger partial charge < -0.3 is 4.90 Å². The van der Waals surface area contributed by atoms with Crippen molar-refractivity contribution in [1.82, 2.24) is 14.9 Å². The minimum atomic E-state index is -0.957. The van der Waals surface area contributed by atoms with Crippen molar-refractivity contribution in [3.8, 4) is 6.07 Å². The number of aryl methyl sites for hydroxylation is 2. The van der Waals surface area contributed by atoms with Crippen LogP contribution in [0.3, 0.4) is 0 Å². The summed E-state index contributed by atoms with van der Waals surface area (Å²) in [5.74, 6) is -0.530. The Balaban J connectivity index is 1.78. The van der Waals surface area contributed by atoms with Crippen LogP contribution in [0.4, 0.5) is 0 Å². The van der Waals surface area contributed by atoms with Gasteiger partial charge in [0.15, 0.2) is 11.7 Å². The first kappa shape index (κ1) is 17.7. The van der Waals surface area contributed by atoms with E-state index in [0.717, 1.165) is 24.2 Å². The molecule has 0 N–H and O–H groups in total. The highest BCUT2D eigenvalue weighted by Gasteiger charge is 2.24. The van der Waals surface area contributed by atoms with Crippen molar-refractivity contribution in [3.05, 3.63) is 58.7 Å². The summed E-state index contributed by atoms with van der Waals surface area (Å²) >= 11 is 0. The van der Waals surface area contributed by atoms with Gasteiger partial charge in [0, 0.05) is 30.8 Å². The quantitative estimate of drug-likeness (QED) is 0.775. The van der Waals surface area contributed by atoms with Crippen LogP contribution in [0.1, 0.15) is 51.9 Å². The number of amides is 1. The number of nitriles is 1. The van der Waals surface area contributed by atoms with E-state index in [1.807, 2.05) is 24.0 Å². The minimum absolute atomic E-state index is 0.171. The van der Waals surface area contributed by atoms with Crippen LogP contribution < -0.4 is 0 Å². The molecule has 2 heterocycles. The van der Waals surface area contributed by atoms with Crippen LogP contribution in [0.2, 0.25) is 0 Å². The summed E-state index contributed by atoms with van der Waals surface area (Å²) < 4.78 is 0. The normalized spacial score (nSPS) is 15.0. The molecule has 3 rings (SSSR count). The summed E-state index contributed by atoms with van der Waals surface area (Å²) in [7, 11) is 0. The Morgan fingerprint density at radius 3 is 2.58 bits per heavy atom. The lowest BCUT2D eigenvalue weighted by Gasteiger charge is -2.15. The number of hydrogen-bond acceptors (Lipinski definition) is 5. The van der Waals surface area contributed by atoms with Crippen LogP contribution in [0.5, 0.6) is 0 Å². The molecule has 26 heavy (non-hydrogen) atoms.